The smallest absolute Gasteiger partial charge is 0.433 e. The van der Waals surface area contributed by atoms with Crippen LogP contribution in [-0.4, -0.2) is 57.8 Å². The molecule has 10 heteroatoms. The number of aliphatic imine (C=N–C) groups is 1. The number of aryl methyl sites for hydroxylation is 1. The molecule has 0 aromatic heterocycles. The summed E-state index contributed by atoms with van der Waals surface area (Å²) in [6, 6.07) is 1.82. The third-order valence-electron chi connectivity index (χ3n) is 7.91. The van der Waals surface area contributed by atoms with Crippen LogP contribution in [0.1, 0.15) is 92.3 Å². The quantitative estimate of drug-likeness (QED) is 0.288. The fraction of sp³-hybridized carbons (Fsp3) is 0.600. The van der Waals surface area contributed by atoms with E-state index in [-0.39, 0.29) is 85.6 Å². The Kier molecular flexibility index (Phi) is 10.5. The summed E-state index contributed by atoms with van der Waals surface area (Å²) >= 11 is 0. The number of aliphatic hydroxyl groups excluding tert-OH is 2. The van der Waals surface area contributed by atoms with E-state index in [9.17, 15) is 42.9 Å². The molecular weight excluding hydrogens is 527 g/mol. The predicted molar refractivity (Wildman–Crippen MR) is 144 cm³/mol. The number of hydrogen-bond acceptors (Lipinski definition) is 7. The second-order valence-corrected chi connectivity index (χ2v) is 11.3. The van der Waals surface area contributed by atoms with Crippen molar-refractivity contribution in [2.45, 2.75) is 84.2 Å². The number of rotatable bonds is 13. The van der Waals surface area contributed by atoms with Crippen LogP contribution in [0.25, 0.3) is 0 Å². The normalized spacial score (nSPS) is 18.8. The van der Waals surface area contributed by atoms with E-state index in [0.29, 0.717) is 24.1 Å². The van der Waals surface area contributed by atoms with Crippen molar-refractivity contribution in [2.24, 2.45) is 22.7 Å². The van der Waals surface area contributed by atoms with E-state index < -0.39 is 30.3 Å². The van der Waals surface area contributed by atoms with Gasteiger partial charge in [0.2, 0.25) is 0 Å². The summed E-state index contributed by atoms with van der Waals surface area (Å²) in [5.41, 5.74) is 1.78. The van der Waals surface area contributed by atoms with Crippen molar-refractivity contribution >= 4 is 23.1 Å². The molecule has 40 heavy (non-hydrogen) atoms. The van der Waals surface area contributed by atoms with Gasteiger partial charge in [0.15, 0.2) is 5.78 Å². The highest BCUT2D eigenvalue weighted by Crippen LogP contribution is 2.42. The van der Waals surface area contributed by atoms with Crippen molar-refractivity contribution in [3.05, 3.63) is 40.1 Å². The van der Waals surface area contributed by atoms with E-state index in [0.717, 1.165) is 17.2 Å². The summed E-state index contributed by atoms with van der Waals surface area (Å²) in [5, 5.41) is 30.7. The molecule has 1 heterocycles. The van der Waals surface area contributed by atoms with Gasteiger partial charge in [-0.1, -0.05) is 19.9 Å². The molecular formula is C30H38F3NO6. The summed E-state index contributed by atoms with van der Waals surface area (Å²) < 4.78 is 38.8. The van der Waals surface area contributed by atoms with Crippen LogP contribution in [0.15, 0.2) is 22.8 Å². The van der Waals surface area contributed by atoms with Crippen LogP contribution in [0.4, 0.5) is 13.2 Å². The monoisotopic (exact) mass is 565 g/mol. The zero-order valence-electron chi connectivity index (χ0n) is 23.2. The standard InChI is InChI=1S/C30H38F3NO6/c1-16(2)22-14-20(4-5-21-6-7-27(34-21)30(31,32)33)29(40)28-23(22)12-18(13-26(28)39)11-19(8-9-35)24(15-36)25(38)10-17(3)37/h7,14,16,18-19,24,35-36,40H,4-6,8-13,15H2,1-3H3. The largest absolute Gasteiger partial charge is 0.507 e. The highest BCUT2D eigenvalue weighted by Gasteiger charge is 2.37. The Labute approximate surface area is 232 Å². The van der Waals surface area contributed by atoms with Crippen molar-refractivity contribution in [1.82, 2.24) is 0 Å². The van der Waals surface area contributed by atoms with Crippen molar-refractivity contribution < 1.29 is 42.9 Å². The molecule has 1 aliphatic heterocycles. The lowest BCUT2D eigenvalue weighted by atomic mass is 9.71. The van der Waals surface area contributed by atoms with Gasteiger partial charge in [-0.3, -0.25) is 19.4 Å². The van der Waals surface area contributed by atoms with Crippen LogP contribution in [0.5, 0.6) is 5.75 Å². The fourth-order valence-corrected chi connectivity index (χ4v) is 5.97. The summed E-state index contributed by atoms with van der Waals surface area (Å²) in [7, 11) is 0. The summed E-state index contributed by atoms with van der Waals surface area (Å²) in [5.74, 6) is -2.54. The number of halogens is 3. The Morgan fingerprint density at radius 1 is 1.15 bits per heavy atom. The van der Waals surface area contributed by atoms with E-state index in [2.05, 4.69) is 4.99 Å². The maximum absolute atomic E-state index is 13.4. The molecule has 3 rings (SSSR count). The average Bonchev–Trinajstić information content (AvgIpc) is 3.33. The maximum atomic E-state index is 13.4. The molecule has 7 nitrogen and oxygen atoms in total. The van der Waals surface area contributed by atoms with Gasteiger partial charge >= 0.3 is 6.18 Å². The number of nitrogens with zero attached hydrogens (tertiary/aromatic N) is 1. The summed E-state index contributed by atoms with van der Waals surface area (Å²) in [4.78, 5) is 41.2. The SMILES string of the molecule is CC(=O)CC(=O)C(CO)C(CCO)CC1CC(=O)c2c(O)c(CCC3=NC(C(F)(F)F)=CC3)cc(C(C)C)c2C1. The first-order valence-corrected chi connectivity index (χ1v) is 13.7. The van der Waals surface area contributed by atoms with E-state index in [1.165, 1.54) is 6.92 Å². The van der Waals surface area contributed by atoms with Crippen molar-refractivity contribution in [2.75, 3.05) is 13.2 Å². The zero-order chi connectivity index (χ0) is 29.8. The summed E-state index contributed by atoms with van der Waals surface area (Å²) in [6.45, 7) is 4.55. The van der Waals surface area contributed by atoms with Crippen molar-refractivity contribution in [3.63, 3.8) is 0 Å². The molecule has 1 aromatic rings. The van der Waals surface area contributed by atoms with Crippen LogP contribution in [0.3, 0.4) is 0 Å². The number of aliphatic hydroxyl groups is 2. The molecule has 2 aliphatic rings. The molecule has 0 radical (unpaired) electrons. The molecule has 1 aromatic carbocycles. The van der Waals surface area contributed by atoms with Crippen LogP contribution in [0, 0.1) is 17.8 Å². The molecule has 0 saturated carbocycles. The lowest BCUT2D eigenvalue weighted by Gasteiger charge is -2.32. The summed E-state index contributed by atoms with van der Waals surface area (Å²) in [6.07, 6.45) is -2.02. The molecule has 0 saturated heterocycles. The molecule has 220 valence electrons. The first-order chi connectivity index (χ1) is 18.8. The van der Waals surface area contributed by atoms with E-state index in [1.807, 2.05) is 19.9 Å². The second-order valence-electron chi connectivity index (χ2n) is 11.3. The van der Waals surface area contributed by atoms with Gasteiger partial charge in [0.1, 0.15) is 23.0 Å². The maximum Gasteiger partial charge on any atom is 0.433 e. The van der Waals surface area contributed by atoms with Gasteiger partial charge in [0, 0.05) is 31.1 Å². The molecule has 0 bridgehead atoms. The Bertz CT molecular complexity index is 1200. The van der Waals surface area contributed by atoms with Gasteiger partial charge in [0.25, 0.3) is 0 Å². The number of hydrogen-bond donors (Lipinski definition) is 3. The van der Waals surface area contributed by atoms with Crippen LogP contribution in [0.2, 0.25) is 0 Å². The number of carbonyl (C=O) groups is 3. The third kappa shape index (κ3) is 7.46. The Morgan fingerprint density at radius 2 is 1.85 bits per heavy atom. The fourth-order valence-electron chi connectivity index (χ4n) is 5.97. The lowest BCUT2D eigenvalue weighted by Crippen LogP contribution is -2.32. The van der Waals surface area contributed by atoms with E-state index >= 15 is 0 Å². The Balaban J connectivity index is 1.85. The number of carbonyl (C=O) groups excluding carboxylic acids is 3. The van der Waals surface area contributed by atoms with Gasteiger partial charge in [0.05, 0.1) is 18.6 Å². The molecule has 1 aliphatic carbocycles. The van der Waals surface area contributed by atoms with Crippen molar-refractivity contribution in [1.29, 1.82) is 0 Å². The van der Waals surface area contributed by atoms with Gasteiger partial charge in [-0.2, -0.15) is 13.2 Å². The second kappa shape index (κ2) is 13.2. The molecule has 0 amide bonds. The lowest BCUT2D eigenvalue weighted by molar-refractivity contribution is -0.131. The van der Waals surface area contributed by atoms with Crippen molar-refractivity contribution in [3.8, 4) is 5.75 Å². The van der Waals surface area contributed by atoms with Crippen LogP contribution >= 0.6 is 0 Å². The predicted octanol–water partition coefficient (Wildman–Crippen LogP) is 5.03. The van der Waals surface area contributed by atoms with Gasteiger partial charge < -0.3 is 15.3 Å². The number of aromatic hydroxyl groups is 1. The highest BCUT2D eigenvalue weighted by atomic mass is 19.4. The number of phenols is 1. The average molecular weight is 566 g/mol. The number of allylic oxidation sites excluding steroid dienone is 2. The molecule has 0 fully saturated rings. The topological polar surface area (TPSA) is 124 Å². The van der Waals surface area contributed by atoms with Gasteiger partial charge in [-0.05, 0) is 79.5 Å². The first-order valence-electron chi connectivity index (χ1n) is 13.7. The number of alkyl halides is 3. The minimum absolute atomic E-state index is 0.00227. The number of fused-ring (bicyclic) bond motifs is 1. The molecule has 3 N–H and O–H groups in total. The minimum Gasteiger partial charge on any atom is -0.507 e. The minimum atomic E-state index is -4.50. The van der Waals surface area contributed by atoms with Crippen LogP contribution < -0.4 is 0 Å². The number of phenolic OH excluding ortho intramolecular Hbond substituents is 1. The third-order valence-corrected chi connectivity index (χ3v) is 7.91. The molecule has 3 atom stereocenters. The molecule has 0 spiro atoms. The number of ketones is 3. The zero-order valence-corrected chi connectivity index (χ0v) is 23.2. The number of benzene rings is 1. The van der Waals surface area contributed by atoms with Crippen LogP contribution in [-0.2, 0) is 22.4 Å². The Morgan fingerprint density at radius 3 is 2.40 bits per heavy atom. The van der Waals surface area contributed by atoms with E-state index in [1.54, 1.807) is 0 Å². The molecule has 3 unspecified atom stereocenters. The van der Waals surface area contributed by atoms with Gasteiger partial charge in [-0.25, -0.2) is 0 Å². The highest BCUT2D eigenvalue weighted by molar-refractivity contribution is 6.02. The first kappa shape index (κ1) is 31.7. The van der Waals surface area contributed by atoms with Gasteiger partial charge in [-0.15, -0.1) is 0 Å². The number of Topliss-reactive ketones (excluding diaryl/α,β-unsaturated/α-hetero) is 3. The Hall–Kier alpha value is -2.85. The van der Waals surface area contributed by atoms with E-state index in [4.69, 9.17) is 0 Å².